The van der Waals surface area contributed by atoms with E-state index in [-0.39, 0.29) is 23.7 Å². The third kappa shape index (κ3) is 4.32. The highest BCUT2D eigenvalue weighted by Gasteiger charge is 2.25. The number of amides is 1. The van der Waals surface area contributed by atoms with Crippen molar-refractivity contribution in [3.05, 3.63) is 69.3 Å². The third-order valence-electron chi connectivity index (χ3n) is 4.93. The summed E-state index contributed by atoms with van der Waals surface area (Å²) in [6.45, 7) is 4.07. The zero-order valence-electron chi connectivity index (χ0n) is 15.9. The van der Waals surface area contributed by atoms with Crippen LogP contribution in [0.15, 0.2) is 42.5 Å². The predicted molar refractivity (Wildman–Crippen MR) is 109 cm³/mol. The fourth-order valence-corrected chi connectivity index (χ4v) is 3.43. The minimum atomic E-state index is -0.421. The first-order valence-electron chi connectivity index (χ1n) is 9.31. The van der Waals surface area contributed by atoms with Crippen molar-refractivity contribution in [2.24, 2.45) is 0 Å². The smallest absolute Gasteiger partial charge is 0.293 e. The molecule has 1 fully saturated rings. The maximum Gasteiger partial charge on any atom is 0.293 e. The van der Waals surface area contributed by atoms with E-state index in [2.05, 4.69) is 5.92 Å². The van der Waals surface area contributed by atoms with Crippen LogP contribution < -0.4 is 4.90 Å². The van der Waals surface area contributed by atoms with E-state index in [4.69, 9.17) is 6.42 Å². The minimum absolute atomic E-state index is 0.0382. The van der Waals surface area contributed by atoms with E-state index < -0.39 is 4.92 Å². The van der Waals surface area contributed by atoms with Gasteiger partial charge in [0, 0.05) is 31.3 Å². The number of carbonyl (C=O) groups is 1. The van der Waals surface area contributed by atoms with Crippen LogP contribution in [-0.4, -0.2) is 35.4 Å². The molecule has 0 radical (unpaired) electrons. The molecule has 1 saturated heterocycles. The molecule has 6 heteroatoms. The van der Waals surface area contributed by atoms with E-state index in [0.29, 0.717) is 12.2 Å². The topological polar surface area (TPSA) is 66.7 Å². The van der Waals surface area contributed by atoms with E-state index in [1.54, 1.807) is 12.1 Å². The molecule has 0 bridgehead atoms. The molecule has 0 atom stereocenters. The average molecular weight is 377 g/mol. The second-order valence-corrected chi connectivity index (χ2v) is 7.01. The lowest BCUT2D eigenvalue weighted by molar-refractivity contribution is -0.384. The fourth-order valence-electron chi connectivity index (χ4n) is 3.43. The lowest BCUT2D eigenvalue weighted by atomic mass is 10.1. The van der Waals surface area contributed by atoms with Gasteiger partial charge in [0.25, 0.3) is 11.6 Å². The molecular weight excluding hydrogens is 354 g/mol. The Hall–Kier alpha value is -3.33. The van der Waals surface area contributed by atoms with Crippen molar-refractivity contribution in [2.45, 2.75) is 26.3 Å². The van der Waals surface area contributed by atoms with Gasteiger partial charge in [-0.15, -0.1) is 6.42 Å². The number of nitro benzene ring substituents is 1. The normalized spacial score (nSPS) is 13.2. The van der Waals surface area contributed by atoms with Gasteiger partial charge < -0.3 is 9.80 Å². The van der Waals surface area contributed by atoms with Gasteiger partial charge in [-0.2, -0.15) is 0 Å². The number of terminal acetylenes is 1. The largest absolute Gasteiger partial charge is 0.366 e. The maximum absolute atomic E-state index is 13.0. The molecule has 3 rings (SSSR count). The van der Waals surface area contributed by atoms with Crippen molar-refractivity contribution in [1.29, 1.82) is 0 Å². The molecule has 0 N–H and O–H groups in total. The number of benzene rings is 2. The summed E-state index contributed by atoms with van der Waals surface area (Å²) in [5, 5.41) is 11.6. The highest BCUT2D eigenvalue weighted by molar-refractivity contribution is 5.96. The molecule has 1 heterocycles. The maximum atomic E-state index is 13.0. The molecule has 0 aliphatic carbocycles. The van der Waals surface area contributed by atoms with Gasteiger partial charge in [-0.3, -0.25) is 14.9 Å². The number of nitro groups is 1. The van der Waals surface area contributed by atoms with Gasteiger partial charge in [-0.1, -0.05) is 35.7 Å². The summed E-state index contributed by atoms with van der Waals surface area (Å²) >= 11 is 0. The van der Waals surface area contributed by atoms with E-state index >= 15 is 0 Å². The fraction of sp³-hybridized carbons (Fsp3) is 0.318. The van der Waals surface area contributed by atoms with Crippen LogP contribution >= 0.6 is 0 Å². The van der Waals surface area contributed by atoms with Crippen LogP contribution in [0, 0.1) is 29.4 Å². The monoisotopic (exact) mass is 377 g/mol. The first-order valence-corrected chi connectivity index (χ1v) is 9.31. The SMILES string of the molecule is C#CCN(Cc1ccc(C)cc1)C(=O)c1ccc(N2CCCC2)c([N+](=O)[O-])c1. The summed E-state index contributed by atoms with van der Waals surface area (Å²) in [4.78, 5) is 27.7. The summed E-state index contributed by atoms with van der Waals surface area (Å²) in [5.41, 5.74) is 2.89. The van der Waals surface area contributed by atoms with Crippen molar-refractivity contribution in [1.82, 2.24) is 4.90 Å². The van der Waals surface area contributed by atoms with Gasteiger partial charge >= 0.3 is 0 Å². The van der Waals surface area contributed by atoms with Crippen LogP contribution in [0.5, 0.6) is 0 Å². The quantitative estimate of drug-likeness (QED) is 0.436. The first kappa shape index (κ1) is 19.4. The van der Waals surface area contributed by atoms with Crippen molar-refractivity contribution in [2.75, 3.05) is 24.5 Å². The number of hydrogen-bond donors (Lipinski definition) is 0. The standard InChI is InChI=1S/C22H23N3O3/c1-3-12-24(16-18-8-6-17(2)7-9-18)22(26)19-10-11-20(21(15-19)25(27)28)23-13-4-5-14-23/h1,6-11,15H,4-5,12-14,16H2,2H3. The Balaban J connectivity index is 1.87. The zero-order valence-corrected chi connectivity index (χ0v) is 15.9. The van der Waals surface area contributed by atoms with Crippen LogP contribution in [0.2, 0.25) is 0 Å². The molecule has 0 unspecified atom stereocenters. The van der Waals surface area contributed by atoms with Crippen LogP contribution in [-0.2, 0) is 6.54 Å². The highest BCUT2D eigenvalue weighted by atomic mass is 16.6. The van der Waals surface area contributed by atoms with Gasteiger partial charge in [0.1, 0.15) is 5.69 Å². The lowest BCUT2D eigenvalue weighted by Gasteiger charge is -2.22. The Bertz CT molecular complexity index is 910. The Morgan fingerprint density at radius 2 is 1.89 bits per heavy atom. The molecule has 144 valence electrons. The second kappa shape index (κ2) is 8.57. The molecule has 1 aliphatic rings. The molecule has 2 aromatic rings. The van der Waals surface area contributed by atoms with Crippen molar-refractivity contribution >= 4 is 17.3 Å². The molecule has 6 nitrogen and oxygen atoms in total. The van der Waals surface area contributed by atoms with E-state index in [0.717, 1.165) is 37.1 Å². The molecule has 0 aromatic heterocycles. The summed E-state index contributed by atoms with van der Waals surface area (Å²) in [6, 6.07) is 12.6. The Morgan fingerprint density at radius 1 is 1.21 bits per heavy atom. The number of carbonyl (C=O) groups excluding carboxylic acids is 1. The van der Waals surface area contributed by atoms with Gasteiger partial charge in [-0.25, -0.2) is 0 Å². The Labute approximate surface area is 164 Å². The van der Waals surface area contributed by atoms with Crippen molar-refractivity contribution in [3.63, 3.8) is 0 Å². The van der Waals surface area contributed by atoms with Gasteiger partial charge in [0.2, 0.25) is 0 Å². The van der Waals surface area contributed by atoms with Gasteiger partial charge in [0.15, 0.2) is 0 Å². The van der Waals surface area contributed by atoms with Crippen LogP contribution in [0.1, 0.15) is 34.3 Å². The third-order valence-corrected chi connectivity index (χ3v) is 4.93. The first-order chi connectivity index (χ1) is 13.5. The van der Waals surface area contributed by atoms with Crippen LogP contribution in [0.4, 0.5) is 11.4 Å². The molecule has 1 amide bonds. The molecule has 28 heavy (non-hydrogen) atoms. The number of aryl methyl sites for hydroxylation is 1. The molecule has 1 aliphatic heterocycles. The second-order valence-electron chi connectivity index (χ2n) is 7.01. The van der Waals surface area contributed by atoms with Crippen LogP contribution in [0.25, 0.3) is 0 Å². The summed E-state index contributed by atoms with van der Waals surface area (Å²) in [7, 11) is 0. The van der Waals surface area contributed by atoms with Crippen molar-refractivity contribution in [3.8, 4) is 12.3 Å². The zero-order chi connectivity index (χ0) is 20.1. The van der Waals surface area contributed by atoms with Crippen LogP contribution in [0.3, 0.4) is 0 Å². The van der Waals surface area contributed by atoms with Gasteiger partial charge in [-0.05, 0) is 37.5 Å². The van der Waals surface area contributed by atoms with Crippen molar-refractivity contribution < 1.29 is 9.72 Å². The summed E-state index contributed by atoms with van der Waals surface area (Å²) in [6.07, 6.45) is 7.49. The molecule has 2 aromatic carbocycles. The number of anilines is 1. The van der Waals surface area contributed by atoms with E-state index in [9.17, 15) is 14.9 Å². The predicted octanol–water partition coefficient (Wildman–Crippen LogP) is 3.78. The number of hydrogen-bond acceptors (Lipinski definition) is 4. The average Bonchev–Trinajstić information content (AvgIpc) is 3.23. The number of rotatable bonds is 6. The highest BCUT2D eigenvalue weighted by Crippen LogP contribution is 2.32. The molecular formula is C22H23N3O3. The molecule has 0 spiro atoms. The molecule has 0 saturated carbocycles. The Morgan fingerprint density at radius 3 is 2.50 bits per heavy atom. The number of nitrogens with zero attached hydrogens (tertiary/aromatic N) is 3. The lowest BCUT2D eigenvalue weighted by Crippen LogP contribution is -2.31. The van der Waals surface area contributed by atoms with E-state index in [1.165, 1.54) is 11.0 Å². The Kier molecular flexibility index (Phi) is 5.95. The summed E-state index contributed by atoms with van der Waals surface area (Å²) < 4.78 is 0. The minimum Gasteiger partial charge on any atom is -0.366 e. The van der Waals surface area contributed by atoms with E-state index in [1.807, 2.05) is 36.1 Å². The van der Waals surface area contributed by atoms with Gasteiger partial charge in [0.05, 0.1) is 11.5 Å². The summed E-state index contributed by atoms with van der Waals surface area (Å²) in [5.74, 6) is 2.20.